The van der Waals surface area contributed by atoms with Gasteiger partial charge in [-0.2, -0.15) is 0 Å². The number of hydrogen-bond donors (Lipinski definition) is 1. The molecular weight excluding hydrogens is 302 g/mol. The van der Waals surface area contributed by atoms with Crippen molar-refractivity contribution in [3.8, 4) is 0 Å². The summed E-state index contributed by atoms with van der Waals surface area (Å²) in [5.74, 6) is 0.715. The highest BCUT2D eigenvalue weighted by atomic mass is 16.6. The molecule has 2 bridgehead atoms. The molecule has 1 amide bonds. The average Bonchev–Trinajstić information content (AvgIpc) is 3.36. The molecule has 4 rings (SSSR count). The summed E-state index contributed by atoms with van der Waals surface area (Å²) in [6.45, 7) is 0.321. The van der Waals surface area contributed by atoms with E-state index in [1.165, 1.54) is 12.8 Å². The van der Waals surface area contributed by atoms with Gasteiger partial charge in [0, 0.05) is 12.1 Å². The lowest BCUT2D eigenvalue weighted by molar-refractivity contribution is -0.0914. The Labute approximate surface area is 143 Å². The zero-order chi connectivity index (χ0) is 16.6. The predicted molar refractivity (Wildman–Crippen MR) is 91.4 cm³/mol. The Kier molecular flexibility index (Phi) is 4.25. The van der Waals surface area contributed by atoms with Crippen LogP contribution in [-0.4, -0.2) is 33.8 Å². The number of carbonyl (C=O) groups is 1. The van der Waals surface area contributed by atoms with E-state index in [1.54, 1.807) is 0 Å². The summed E-state index contributed by atoms with van der Waals surface area (Å²) in [6.07, 6.45) is 7.82. The number of amides is 1. The molecule has 0 spiro atoms. The lowest BCUT2D eigenvalue weighted by atomic mass is 9.73. The van der Waals surface area contributed by atoms with Crippen LogP contribution in [-0.2, 0) is 11.3 Å². The normalized spacial score (nSPS) is 32.5. The second-order valence-electron chi connectivity index (χ2n) is 7.97. The summed E-state index contributed by atoms with van der Waals surface area (Å²) in [4.78, 5) is 14.6. The van der Waals surface area contributed by atoms with Gasteiger partial charge in [-0.15, -0.1) is 0 Å². The molecule has 1 aromatic rings. The van der Waals surface area contributed by atoms with E-state index in [4.69, 9.17) is 4.74 Å². The summed E-state index contributed by atoms with van der Waals surface area (Å²) in [6, 6.07) is 10.1. The fourth-order valence-electron chi connectivity index (χ4n) is 4.64. The van der Waals surface area contributed by atoms with Gasteiger partial charge in [0.25, 0.3) is 0 Å². The molecule has 130 valence electrons. The molecule has 2 atom stereocenters. The highest BCUT2D eigenvalue weighted by molar-refractivity contribution is 5.69. The van der Waals surface area contributed by atoms with E-state index >= 15 is 0 Å². The molecule has 1 N–H and O–H groups in total. The Hall–Kier alpha value is -1.55. The monoisotopic (exact) mass is 329 g/mol. The van der Waals surface area contributed by atoms with E-state index in [0.29, 0.717) is 12.5 Å². The van der Waals surface area contributed by atoms with Gasteiger partial charge in [-0.1, -0.05) is 43.2 Å². The molecule has 0 aromatic heterocycles. The Morgan fingerprint density at radius 1 is 1.12 bits per heavy atom. The fraction of sp³-hybridized carbons (Fsp3) is 0.650. The third kappa shape index (κ3) is 3.44. The third-order valence-electron chi connectivity index (χ3n) is 5.87. The summed E-state index contributed by atoms with van der Waals surface area (Å²) < 4.78 is 5.57. The van der Waals surface area contributed by atoms with Crippen molar-refractivity contribution in [3.05, 3.63) is 35.9 Å². The van der Waals surface area contributed by atoms with Crippen LogP contribution in [0.2, 0.25) is 0 Å². The fourth-order valence-corrected chi connectivity index (χ4v) is 4.64. The number of aliphatic hydroxyl groups is 1. The van der Waals surface area contributed by atoms with Crippen LogP contribution in [0.4, 0.5) is 4.79 Å². The van der Waals surface area contributed by atoms with Crippen LogP contribution < -0.4 is 0 Å². The van der Waals surface area contributed by atoms with Gasteiger partial charge < -0.3 is 14.7 Å². The number of hydrogen-bond acceptors (Lipinski definition) is 3. The van der Waals surface area contributed by atoms with Crippen molar-refractivity contribution in [2.75, 3.05) is 0 Å². The number of rotatable bonds is 4. The molecule has 1 aliphatic carbocycles. The van der Waals surface area contributed by atoms with Gasteiger partial charge in [0.1, 0.15) is 6.61 Å². The van der Waals surface area contributed by atoms with Gasteiger partial charge in [0.05, 0.1) is 5.60 Å². The highest BCUT2D eigenvalue weighted by Crippen LogP contribution is 2.46. The van der Waals surface area contributed by atoms with Crippen molar-refractivity contribution in [2.45, 2.75) is 75.7 Å². The first-order chi connectivity index (χ1) is 11.6. The maximum atomic E-state index is 12.7. The number of fused-ring (bicyclic) bond motifs is 2. The highest BCUT2D eigenvalue weighted by Gasteiger charge is 2.49. The molecule has 0 radical (unpaired) electrons. The summed E-state index contributed by atoms with van der Waals surface area (Å²) in [7, 11) is 0. The van der Waals surface area contributed by atoms with Crippen LogP contribution in [0.5, 0.6) is 0 Å². The smallest absolute Gasteiger partial charge is 0.410 e. The minimum atomic E-state index is -0.562. The molecule has 2 heterocycles. The van der Waals surface area contributed by atoms with Crippen molar-refractivity contribution in [3.63, 3.8) is 0 Å². The largest absolute Gasteiger partial charge is 0.445 e. The average molecular weight is 329 g/mol. The van der Waals surface area contributed by atoms with Crippen molar-refractivity contribution >= 4 is 6.09 Å². The van der Waals surface area contributed by atoms with Gasteiger partial charge in [0.15, 0.2) is 0 Å². The SMILES string of the molecule is O=C(OCc1ccccc1)N1C2CCCC1CC(O)(CC1CC1)C2. The van der Waals surface area contributed by atoms with Gasteiger partial charge >= 0.3 is 6.09 Å². The zero-order valence-corrected chi connectivity index (χ0v) is 14.2. The van der Waals surface area contributed by atoms with E-state index < -0.39 is 5.60 Å². The van der Waals surface area contributed by atoms with Crippen molar-refractivity contribution in [2.24, 2.45) is 5.92 Å². The van der Waals surface area contributed by atoms with Crippen LogP contribution in [0.3, 0.4) is 0 Å². The van der Waals surface area contributed by atoms with Crippen molar-refractivity contribution in [1.29, 1.82) is 0 Å². The molecular formula is C20H27NO3. The molecule has 2 aliphatic heterocycles. The molecule has 1 aromatic carbocycles. The molecule has 2 saturated heterocycles. The number of piperidine rings is 2. The number of carbonyl (C=O) groups excluding carboxylic acids is 1. The minimum absolute atomic E-state index is 0.143. The molecule has 4 nitrogen and oxygen atoms in total. The second-order valence-corrected chi connectivity index (χ2v) is 7.97. The first kappa shape index (κ1) is 15.9. The van der Waals surface area contributed by atoms with Crippen LogP contribution in [0.25, 0.3) is 0 Å². The van der Waals surface area contributed by atoms with Crippen molar-refractivity contribution < 1.29 is 14.6 Å². The van der Waals surface area contributed by atoms with Crippen LogP contribution in [0, 0.1) is 5.92 Å². The lowest BCUT2D eigenvalue weighted by Gasteiger charge is -2.51. The van der Waals surface area contributed by atoms with E-state index in [0.717, 1.165) is 44.1 Å². The lowest BCUT2D eigenvalue weighted by Crippen LogP contribution is -2.60. The summed E-state index contributed by atoms with van der Waals surface area (Å²) in [5.41, 5.74) is 0.450. The first-order valence-corrected chi connectivity index (χ1v) is 9.34. The van der Waals surface area contributed by atoms with Crippen molar-refractivity contribution in [1.82, 2.24) is 4.90 Å². The van der Waals surface area contributed by atoms with E-state index in [-0.39, 0.29) is 18.2 Å². The summed E-state index contributed by atoms with van der Waals surface area (Å²) in [5, 5.41) is 11.0. The summed E-state index contributed by atoms with van der Waals surface area (Å²) >= 11 is 0. The molecule has 3 fully saturated rings. The molecule has 1 saturated carbocycles. The zero-order valence-electron chi connectivity index (χ0n) is 14.2. The topological polar surface area (TPSA) is 49.8 Å². The number of benzene rings is 1. The van der Waals surface area contributed by atoms with Gasteiger partial charge in [-0.3, -0.25) is 0 Å². The molecule has 2 unspecified atom stereocenters. The number of ether oxygens (including phenoxy) is 1. The third-order valence-corrected chi connectivity index (χ3v) is 5.87. The maximum Gasteiger partial charge on any atom is 0.410 e. The Bertz CT molecular complexity index is 570. The predicted octanol–water partition coefficient (Wildman–Crippen LogP) is 3.87. The molecule has 3 aliphatic rings. The minimum Gasteiger partial charge on any atom is -0.445 e. The standard InChI is InChI=1S/C20H27NO3/c22-19(24-14-16-5-2-1-3-6-16)21-17-7-4-8-18(21)13-20(23,12-17)11-15-9-10-15/h1-3,5-6,15,17-18,23H,4,7-14H2. The Morgan fingerprint density at radius 3 is 2.42 bits per heavy atom. The van der Waals surface area contributed by atoms with Gasteiger partial charge in [-0.25, -0.2) is 4.79 Å². The van der Waals surface area contributed by atoms with Crippen LogP contribution in [0.1, 0.15) is 56.9 Å². The Morgan fingerprint density at radius 2 is 1.79 bits per heavy atom. The van der Waals surface area contributed by atoms with Gasteiger partial charge in [-0.05, 0) is 50.0 Å². The first-order valence-electron chi connectivity index (χ1n) is 9.34. The van der Waals surface area contributed by atoms with E-state index in [2.05, 4.69) is 0 Å². The second kappa shape index (κ2) is 6.40. The van der Waals surface area contributed by atoms with E-state index in [9.17, 15) is 9.90 Å². The molecule has 24 heavy (non-hydrogen) atoms. The number of nitrogens with zero attached hydrogens (tertiary/aromatic N) is 1. The van der Waals surface area contributed by atoms with Crippen LogP contribution >= 0.6 is 0 Å². The maximum absolute atomic E-state index is 12.7. The van der Waals surface area contributed by atoms with Crippen LogP contribution in [0.15, 0.2) is 30.3 Å². The Balaban J connectivity index is 1.40. The van der Waals surface area contributed by atoms with E-state index in [1.807, 2.05) is 35.2 Å². The quantitative estimate of drug-likeness (QED) is 0.912. The van der Waals surface area contributed by atoms with Gasteiger partial charge in [0.2, 0.25) is 0 Å². The molecule has 4 heteroatoms.